The number of hydrogen-bond acceptors (Lipinski definition) is 21. The minimum Gasteiger partial charge on any atom is -0.508 e. The standard InChI is InChI=1S/C31H37N3O8.C26H30N2O6.C10H13NO3.C5H8ClNO2.C2H6O/c1-39-29(36)26(19-21-7-13-25(14-8-21)42-30(37)33-15-17-40-18-16-33)32-28(35)27-23-9-11-24(12-10-23)34(27)31(38)41-20-22-5-3-2-4-6-22;1-33-25(31)22(15-17-7-13-21(29)14-8-17)27-24(30)23-19-9-11-20(12-10-19)28(23)26(32)34-16-18-5-3-2-4-6-18;1-14-10(13)9(11)6-7-2-4-8(12)5-3-7;6-5(8)7-1-3-9-4-2-7;1-2-3/h2-8,13-14,23-24,26-27H,9-12,15-20H2,1H3,(H,32,35);2-8,13-14,19-20,22-23,29H,9-12,15-16H2,1H3,(H,27,30);2-5,9,12H,6,11H2,1H3;1-4H2;3H,2H2,1H3/t23?,24?,26-,27?;19?,20?,22-,23?;9-;;/m000../s1. The average Bonchev–Trinajstić information content (AvgIpc) is 0.773. The summed E-state index contributed by atoms with van der Waals surface area (Å²) >= 11 is 5.19. The van der Waals surface area contributed by atoms with Gasteiger partial charge in [0.1, 0.15) is 60.7 Å². The number of piperidine rings is 4. The minimum absolute atomic E-state index is 0.0150. The second kappa shape index (κ2) is 41.4. The Bertz CT molecular complexity index is 3460. The van der Waals surface area contributed by atoms with Crippen LogP contribution in [-0.2, 0) is 89.6 Å². The number of nitrogens with one attached hydrogen (secondary N) is 2. The fraction of sp³-hybridized carbons (Fsp3) is 0.473. The molecule has 552 valence electrons. The van der Waals surface area contributed by atoms with Gasteiger partial charge in [0, 0.05) is 57.7 Å². The number of hydrogen-bond donors (Lipinski definition) is 6. The van der Waals surface area contributed by atoms with Crippen LogP contribution in [0.3, 0.4) is 0 Å². The number of benzene rings is 5. The molecule has 2 unspecified atom stereocenters. The number of nitrogens with zero attached hydrogens (tertiary/aromatic N) is 4. The SMILES string of the molecule is CCO.COC(=O)[C@@H](N)Cc1ccc(O)cc1.COC(=O)[C@H](Cc1ccc(O)cc1)NC(=O)C1C2CCC(CC2)N1C(=O)OCc1ccccc1.COC(=O)[C@H](Cc1ccc(OC(=O)N2CCOCC2)cc1)NC(=O)C1C2CCC(CC2)N1C(=O)OCc1ccccc1.O=C(Cl)N1CCOCC1. The van der Waals surface area contributed by atoms with Crippen LogP contribution in [0.1, 0.15) is 86.1 Å². The molecule has 6 saturated heterocycles. The Balaban J connectivity index is 0.000000214. The molecular formula is C74H94ClN7O20. The predicted molar refractivity (Wildman–Crippen MR) is 372 cm³/mol. The second-order valence-corrected chi connectivity index (χ2v) is 25.3. The van der Waals surface area contributed by atoms with Crippen LogP contribution in [-0.4, -0.2) is 211 Å². The van der Waals surface area contributed by atoms with E-state index < -0.39 is 72.3 Å². The Morgan fingerprint density at radius 3 is 1.20 bits per heavy atom. The molecule has 6 amide bonds. The van der Waals surface area contributed by atoms with E-state index in [2.05, 4.69) is 15.4 Å². The van der Waals surface area contributed by atoms with Gasteiger partial charge in [-0.2, -0.15) is 0 Å². The van der Waals surface area contributed by atoms with Crippen molar-refractivity contribution in [2.24, 2.45) is 17.6 Å². The number of morpholine rings is 2. The molecule has 5 aromatic carbocycles. The molecule has 2 saturated carbocycles. The number of fused-ring (bicyclic) bond motifs is 6. The number of phenols is 2. The highest BCUT2D eigenvalue weighted by atomic mass is 35.5. The first-order chi connectivity index (χ1) is 49.2. The highest BCUT2D eigenvalue weighted by molar-refractivity contribution is 6.62. The predicted octanol–water partition coefficient (Wildman–Crippen LogP) is 7.58. The highest BCUT2D eigenvalue weighted by Gasteiger charge is 2.50. The lowest BCUT2D eigenvalue weighted by molar-refractivity contribution is -0.147. The third-order valence-corrected chi connectivity index (χ3v) is 18.3. The lowest BCUT2D eigenvalue weighted by Gasteiger charge is -2.49. The number of esters is 3. The zero-order valence-electron chi connectivity index (χ0n) is 58.0. The molecule has 102 heavy (non-hydrogen) atoms. The van der Waals surface area contributed by atoms with E-state index in [1.54, 1.807) is 87.2 Å². The van der Waals surface area contributed by atoms with E-state index in [1.165, 1.54) is 33.5 Å². The van der Waals surface area contributed by atoms with Crippen molar-refractivity contribution in [3.63, 3.8) is 0 Å². The number of carbonyl (C=O) groups is 9. The number of phenolic OH excluding ortho intramolecular Hbond substituents is 2. The molecule has 13 rings (SSSR count). The molecule has 27 nitrogen and oxygen atoms in total. The van der Waals surface area contributed by atoms with Crippen LogP contribution in [0, 0.1) is 11.8 Å². The summed E-state index contributed by atoms with van der Waals surface area (Å²) in [5, 5.41) is 31.4. The van der Waals surface area contributed by atoms with Crippen molar-refractivity contribution in [3.8, 4) is 17.2 Å². The maximum atomic E-state index is 13.7. The average molecular weight is 1440 g/mol. The number of aliphatic hydroxyl groups is 1. The third kappa shape index (κ3) is 24.3. The lowest BCUT2D eigenvalue weighted by Crippen LogP contribution is -2.64. The first-order valence-electron chi connectivity index (χ1n) is 34.1. The number of rotatable bonds is 18. The van der Waals surface area contributed by atoms with Crippen LogP contribution in [0.5, 0.6) is 17.2 Å². The number of aromatic hydroxyl groups is 2. The summed E-state index contributed by atoms with van der Waals surface area (Å²) < 4.78 is 41.3. The van der Waals surface area contributed by atoms with Crippen LogP contribution in [0.4, 0.5) is 19.2 Å². The van der Waals surface area contributed by atoms with Gasteiger partial charge >= 0.3 is 41.6 Å². The molecular weight excluding hydrogens is 1340 g/mol. The third-order valence-electron chi connectivity index (χ3n) is 18.1. The quantitative estimate of drug-likeness (QED) is 0.0213. The van der Waals surface area contributed by atoms with Crippen LogP contribution >= 0.6 is 11.6 Å². The second-order valence-electron chi connectivity index (χ2n) is 24.9. The van der Waals surface area contributed by atoms with Gasteiger partial charge in [0.2, 0.25) is 11.8 Å². The van der Waals surface area contributed by atoms with Crippen molar-refractivity contribution in [1.82, 2.24) is 30.2 Å². The first-order valence-corrected chi connectivity index (χ1v) is 34.5. The summed E-state index contributed by atoms with van der Waals surface area (Å²) in [6.45, 7) is 6.55. The number of aliphatic hydroxyl groups excluding tert-OH is 1. The topological polar surface area (TPSA) is 351 Å². The number of methoxy groups -OCH3 is 3. The lowest BCUT2D eigenvalue weighted by atomic mass is 9.74. The van der Waals surface area contributed by atoms with Gasteiger partial charge in [-0.15, -0.1) is 0 Å². The summed E-state index contributed by atoms with van der Waals surface area (Å²) in [4.78, 5) is 119. The van der Waals surface area contributed by atoms with Gasteiger partial charge in [-0.1, -0.05) is 97.1 Å². The summed E-state index contributed by atoms with van der Waals surface area (Å²) in [5.74, 6) is -1.68. The maximum Gasteiger partial charge on any atom is 0.415 e. The van der Waals surface area contributed by atoms with E-state index in [0.29, 0.717) is 64.8 Å². The van der Waals surface area contributed by atoms with Crippen LogP contribution in [0.15, 0.2) is 133 Å². The van der Waals surface area contributed by atoms with Gasteiger partial charge in [-0.05, 0) is 152 Å². The molecule has 7 N–H and O–H groups in total. The van der Waals surface area contributed by atoms with Crippen LogP contribution in [0.25, 0.3) is 0 Å². The van der Waals surface area contributed by atoms with E-state index in [4.69, 9.17) is 60.7 Å². The largest absolute Gasteiger partial charge is 0.508 e. The van der Waals surface area contributed by atoms with E-state index >= 15 is 0 Å². The van der Waals surface area contributed by atoms with Crippen molar-refractivity contribution < 1.29 is 96.4 Å². The van der Waals surface area contributed by atoms with E-state index in [1.807, 2.05) is 60.7 Å². The Kier molecular flexibility index (Phi) is 32.4. The molecule has 8 fully saturated rings. The summed E-state index contributed by atoms with van der Waals surface area (Å²) in [5.41, 5.74) is 9.69. The molecule has 8 aliphatic rings. The van der Waals surface area contributed by atoms with Gasteiger partial charge in [0.05, 0.1) is 47.8 Å². The molecule has 0 spiro atoms. The molecule has 0 radical (unpaired) electrons. The molecule has 6 aliphatic heterocycles. The first kappa shape index (κ1) is 79.8. The smallest absolute Gasteiger partial charge is 0.415 e. The normalized spacial score (nSPS) is 20.1. The Labute approximate surface area is 598 Å². The van der Waals surface area contributed by atoms with Crippen molar-refractivity contribution >= 4 is 65.0 Å². The molecule has 2 aliphatic carbocycles. The van der Waals surface area contributed by atoms with Crippen molar-refractivity contribution in [2.45, 2.75) is 133 Å². The molecule has 4 bridgehead atoms. The van der Waals surface area contributed by atoms with E-state index in [9.17, 15) is 48.3 Å². The number of carbonyl (C=O) groups excluding carboxylic acids is 9. The van der Waals surface area contributed by atoms with Gasteiger partial charge < -0.3 is 79.4 Å². The zero-order valence-corrected chi connectivity index (χ0v) is 58.7. The Hall–Kier alpha value is -9.54. The Morgan fingerprint density at radius 2 is 0.843 bits per heavy atom. The fourth-order valence-corrected chi connectivity index (χ4v) is 13.0. The van der Waals surface area contributed by atoms with Crippen molar-refractivity contribution in [2.75, 3.05) is 80.5 Å². The molecule has 28 heteroatoms. The van der Waals surface area contributed by atoms with Crippen molar-refractivity contribution in [3.05, 3.63) is 161 Å². The van der Waals surface area contributed by atoms with Gasteiger partial charge in [0.15, 0.2) is 0 Å². The molecule has 5 aromatic rings. The summed E-state index contributed by atoms with van der Waals surface area (Å²) in [7, 11) is 3.85. The molecule has 0 aromatic heterocycles. The monoisotopic (exact) mass is 1440 g/mol. The van der Waals surface area contributed by atoms with Crippen molar-refractivity contribution in [1.29, 1.82) is 0 Å². The van der Waals surface area contributed by atoms with Crippen LogP contribution < -0.4 is 21.1 Å². The number of halogens is 1. The van der Waals surface area contributed by atoms with E-state index in [-0.39, 0.29) is 79.4 Å². The van der Waals surface area contributed by atoms with Gasteiger partial charge in [-0.3, -0.25) is 29.0 Å². The highest BCUT2D eigenvalue weighted by Crippen LogP contribution is 2.42. The van der Waals surface area contributed by atoms with Gasteiger partial charge in [-0.25, -0.2) is 24.0 Å². The molecule has 6 heterocycles. The number of amides is 6. The summed E-state index contributed by atoms with van der Waals surface area (Å²) in [6, 6.07) is 34.5. The minimum atomic E-state index is -0.966. The Morgan fingerprint density at radius 1 is 0.490 bits per heavy atom. The van der Waals surface area contributed by atoms with E-state index in [0.717, 1.165) is 79.2 Å². The maximum absolute atomic E-state index is 13.7. The fourth-order valence-electron chi connectivity index (χ4n) is 12.8. The van der Waals surface area contributed by atoms with Gasteiger partial charge in [0.25, 0.3) is 0 Å². The summed E-state index contributed by atoms with van der Waals surface area (Å²) in [6.07, 6.45) is 5.98. The van der Waals surface area contributed by atoms with Crippen LogP contribution in [0.2, 0.25) is 0 Å². The zero-order chi connectivity index (χ0) is 73.5. The number of nitrogens with two attached hydrogens (primary N) is 1. The molecule has 5 atom stereocenters. The number of ether oxygens (including phenoxy) is 8.